The van der Waals surface area contributed by atoms with Gasteiger partial charge in [-0.25, -0.2) is 8.42 Å². The number of carbonyl (C=O) groups excluding carboxylic acids is 1. The smallest absolute Gasteiger partial charge is 0.262 e. The zero-order valence-electron chi connectivity index (χ0n) is 13.9. The van der Waals surface area contributed by atoms with Gasteiger partial charge in [0.05, 0.1) is 11.5 Å². The fraction of sp³-hybridized carbons (Fsp3) is 0.529. The normalized spacial score (nSPS) is 23.2. The number of carbonyl (C=O) groups is 1. The Morgan fingerprint density at radius 1 is 1.32 bits per heavy atom. The van der Waals surface area contributed by atoms with Gasteiger partial charge < -0.3 is 14.6 Å². The first kappa shape index (κ1) is 17.5. The molecule has 0 saturated carbocycles. The van der Waals surface area contributed by atoms with E-state index in [-0.39, 0.29) is 17.1 Å². The van der Waals surface area contributed by atoms with Crippen LogP contribution in [0.3, 0.4) is 0 Å². The largest absolute Gasteiger partial charge is 0.441 e. The van der Waals surface area contributed by atoms with Crippen molar-refractivity contribution in [1.29, 1.82) is 5.26 Å². The van der Waals surface area contributed by atoms with E-state index in [1.165, 1.54) is 12.5 Å². The summed E-state index contributed by atoms with van der Waals surface area (Å²) >= 11 is 0. The van der Waals surface area contributed by atoms with Gasteiger partial charge in [-0.15, -0.1) is 0 Å². The Balaban J connectivity index is 1.67. The number of rotatable bonds is 4. The zero-order valence-corrected chi connectivity index (χ0v) is 14.7. The van der Waals surface area contributed by atoms with Gasteiger partial charge in [-0.3, -0.25) is 4.79 Å². The van der Waals surface area contributed by atoms with Gasteiger partial charge in [0.1, 0.15) is 17.4 Å². The van der Waals surface area contributed by atoms with Gasteiger partial charge in [-0.1, -0.05) is 0 Å². The Kier molecular flexibility index (Phi) is 5.13. The predicted octanol–water partition coefficient (Wildman–Crippen LogP) is 1.48. The topological polar surface area (TPSA) is 103 Å². The molecule has 2 fully saturated rings. The van der Waals surface area contributed by atoms with Crippen molar-refractivity contribution in [2.75, 3.05) is 29.5 Å². The Morgan fingerprint density at radius 2 is 2.08 bits per heavy atom. The van der Waals surface area contributed by atoms with Crippen LogP contribution in [0.5, 0.6) is 0 Å². The zero-order chi connectivity index (χ0) is 17.9. The molecule has 1 aromatic heterocycles. The highest BCUT2D eigenvalue weighted by Gasteiger charge is 2.29. The van der Waals surface area contributed by atoms with Crippen molar-refractivity contribution >= 4 is 27.7 Å². The minimum Gasteiger partial charge on any atom is -0.441 e. The first-order valence-corrected chi connectivity index (χ1v) is 10.3. The van der Waals surface area contributed by atoms with Crippen LogP contribution in [-0.4, -0.2) is 45.0 Å². The van der Waals surface area contributed by atoms with E-state index in [4.69, 9.17) is 4.42 Å². The number of sulfone groups is 1. The molecule has 0 unspecified atom stereocenters. The third kappa shape index (κ3) is 4.42. The van der Waals surface area contributed by atoms with E-state index in [1.54, 1.807) is 6.07 Å². The molecule has 7 nitrogen and oxygen atoms in total. The summed E-state index contributed by atoms with van der Waals surface area (Å²) in [6.07, 6.45) is 5.25. The molecule has 0 bridgehead atoms. The first-order chi connectivity index (χ1) is 12.0. The molecule has 2 aliphatic heterocycles. The molecule has 1 N–H and O–H groups in total. The van der Waals surface area contributed by atoms with Gasteiger partial charge >= 0.3 is 0 Å². The number of piperidine rings is 1. The minimum atomic E-state index is -3.08. The van der Waals surface area contributed by atoms with Gasteiger partial charge in [0.15, 0.2) is 15.7 Å². The summed E-state index contributed by atoms with van der Waals surface area (Å²) in [5, 5.41) is 11.9. The van der Waals surface area contributed by atoms with Crippen LogP contribution in [0.25, 0.3) is 6.08 Å². The molecule has 2 aliphatic rings. The second-order valence-corrected chi connectivity index (χ2v) is 8.70. The number of furan rings is 1. The Bertz CT molecular complexity index is 813. The highest BCUT2D eigenvalue weighted by atomic mass is 32.2. The standard InChI is InChI=1S/C17H21N3O4S/c18-11-13(17(21)19-14-6-9-25(22,23)12-14)10-15-4-5-16(24-15)20-7-2-1-3-8-20/h4-5,10,14H,1-3,6-9,12H2,(H,19,21)/b13-10-/t14-/m1/s1. The molecule has 3 heterocycles. The summed E-state index contributed by atoms with van der Waals surface area (Å²) in [5.74, 6) is 0.607. The van der Waals surface area contributed by atoms with Crippen LogP contribution in [0.1, 0.15) is 31.4 Å². The van der Waals surface area contributed by atoms with Gasteiger partial charge in [-0.05, 0) is 31.7 Å². The quantitative estimate of drug-likeness (QED) is 0.642. The molecule has 3 rings (SSSR count). The Labute approximate surface area is 147 Å². The molecule has 1 aromatic rings. The molecule has 1 atom stereocenters. The van der Waals surface area contributed by atoms with Crippen LogP contribution >= 0.6 is 0 Å². The maximum absolute atomic E-state index is 12.2. The van der Waals surface area contributed by atoms with Gasteiger partial charge in [0, 0.05) is 31.3 Å². The summed E-state index contributed by atoms with van der Waals surface area (Å²) in [5.41, 5.74) is -0.0937. The maximum atomic E-state index is 12.2. The third-order valence-electron chi connectivity index (χ3n) is 4.50. The van der Waals surface area contributed by atoms with Gasteiger partial charge in [0.2, 0.25) is 0 Å². The van der Waals surface area contributed by atoms with Gasteiger partial charge in [0.25, 0.3) is 5.91 Å². The van der Waals surface area contributed by atoms with E-state index in [1.807, 2.05) is 12.1 Å². The molecule has 2 saturated heterocycles. The summed E-state index contributed by atoms with van der Waals surface area (Å²) in [6.45, 7) is 1.89. The summed E-state index contributed by atoms with van der Waals surface area (Å²) in [4.78, 5) is 14.4. The van der Waals surface area contributed by atoms with Crippen LogP contribution in [0.15, 0.2) is 22.1 Å². The highest BCUT2D eigenvalue weighted by Crippen LogP contribution is 2.24. The second-order valence-electron chi connectivity index (χ2n) is 6.47. The number of nitrogens with one attached hydrogen (secondary N) is 1. The van der Waals surface area contributed by atoms with Crippen molar-refractivity contribution in [3.63, 3.8) is 0 Å². The molecular formula is C17H21N3O4S. The van der Waals surface area contributed by atoms with Crippen LogP contribution in [0, 0.1) is 11.3 Å². The van der Waals surface area contributed by atoms with Crippen molar-refractivity contribution in [1.82, 2.24) is 5.32 Å². The molecule has 0 spiro atoms. The molecule has 0 radical (unpaired) electrons. The average Bonchev–Trinajstić information content (AvgIpc) is 3.19. The Hall–Kier alpha value is -2.27. The van der Waals surface area contributed by atoms with E-state index in [2.05, 4.69) is 10.2 Å². The molecule has 0 aromatic carbocycles. The van der Waals surface area contributed by atoms with E-state index in [9.17, 15) is 18.5 Å². The third-order valence-corrected chi connectivity index (χ3v) is 6.27. The maximum Gasteiger partial charge on any atom is 0.262 e. The molecule has 8 heteroatoms. The van der Waals surface area contributed by atoms with E-state index >= 15 is 0 Å². The van der Waals surface area contributed by atoms with Crippen molar-refractivity contribution in [2.45, 2.75) is 31.7 Å². The molecule has 1 amide bonds. The monoisotopic (exact) mass is 363 g/mol. The van der Waals surface area contributed by atoms with E-state index in [0.717, 1.165) is 31.8 Å². The molecule has 134 valence electrons. The number of hydrogen-bond donors (Lipinski definition) is 1. The predicted molar refractivity (Wildman–Crippen MR) is 93.6 cm³/mol. The summed E-state index contributed by atoms with van der Waals surface area (Å²) < 4.78 is 28.6. The number of amides is 1. The lowest BCUT2D eigenvalue weighted by Gasteiger charge is -2.25. The minimum absolute atomic E-state index is 0.0704. The SMILES string of the molecule is N#C/C(=C/c1ccc(N2CCCCC2)o1)C(=O)N[C@@H]1CCS(=O)(=O)C1. The lowest BCUT2D eigenvalue weighted by Crippen LogP contribution is -2.36. The lowest BCUT2D eigenvalue weighted by atomic mass is 10.1. The van der Waals surface area contributed by atoms with Gasteiger partial charge in [-0.2, -0.15) is 5.26 Å². The fourth-order valence-electron chi connectivity index (χ4n) is 3.17. The number of nitrogens with zero attached hydrogens (tertiary/aromatic N) is 2. The van der Waals surface area contributed by atoms with E-state index in [0.29, 0.717) is 12.2 Å². The van der Waals surface area contributed by atoms with Crippen LogP contribution in [-0.2, 0) is 14.6 Å². The van der Waals surface area contributed by atoms with Crippen LogP contribution in [0.2, 0.25) is 0 Å². The molecule has 25 heavy (non-hydrogen) atoms. The second kappa shape index (κ2) is 7.31. The average molecular weight is 363 g/mol. The number of nitriles is 1. The number of anilines is 1. The van der Waals surface area contributed by atoms with Crippen LogP contribution in [0.4, 0.5) is 5.88 Å². The summed E-state index contributed by atoms with van der Waals surface area (Å²) in [6, 6.07) is 5.00. The van der Waals surface area contributed by atoms with Crippen molar-refractivity contribution < 1.29 is 17.6 Å². The Morgan fingerprint density at radius 3 is 2.72 bits per heavy atom. The summed E-state index contributed by atoms with van der Waals surface area (Å²) in [7, 11) is -3.08. The molecule has 0 aliphatic carbocycles. The van der Waals surface area contributed by atoms with Crippen molar-refractivity contribution in [2.24, 2.45) is 0 Å². The molecular weight excluding hydrogens is 342 g/mol. The van der Waals surface area contributed by atoms with Crippen molar-refractivity contribution in [3.05, 3.63) is 23.5 Å². The lowest BCUT2D eigenvalue weighted by molar-refractivity contribution is -0.117. The first-order valence-electron chi connectivity index (χ1n) is 8.45. The van der Waals surface area contributed by atoms with E-state index < -0.39 is 21.8 Å². The van der Waals surface area contributed by atoms with Crippen molar-refractivity contribution in [3.8, 4) is 6.07 Å². The fourth-order valence-corrected chi connectivity index (χ4v) is 4.84. The van der Waals surface area contributed by atoms with Crippen LogP contribution < -0.4 is 10.2 Å². The highest BCUT2D eigenvalue weighted by molar-refractivity contribution is 7.91. The number of hydrogen-bond acceptors (Lipinski definition) is 6.